The summed E-state index contributed by atoms with van der Waals surface area (Å²) in [4.78, 5) is 1.47. The van der Waals surface area contributed by atoms with E-state index in [9.17, 15) is 33.2 Å². The van der Waals surface area contributed by atoms with Crippen LogP contribution in [0.15, 0.2) is 48.5 Å². The Balaban J connectivity index is 0.000000692. The molecule has 1 saturated carbocycles. The Morgan fingerprint density at radius 1 is 1.06 bits per heavy atom. The summed E-state index contributed by atoms with van der Waals surface area (Å²) in [6, 6.07) is 9.27. The van der Waals surface area contributed by atoms with Gasteiger partial charge in [0.05, 0.1) is 6.04 Å². The van der Waals surface area contributed by atoms with E-state index in [2.05, 4.69) is 0 Å². The van der Waals surface area contributed by atoms with Gasteiger partial charge in [0.15, 0.2) is 0 Å². The van der Waals surface area contributed by atoms with Gasteiger partial charge < -0.3 is 30.1 Å². The number of nitrogens with zero attached hydrogens (tertiary/aromatic N) is 1. The number of hydrogen-bond donors (Lipinski definition) is 5. The molecule has 9 nitrogen and oxygen atoms in total. The lowest BCUT2D eigenvalue weighted by Crippen LogP contribution is -2.51. The van der Waals surface area contributed by atoms with Crippen LogP contribution in [0.2, 0.25) is 0 Å². The van der Waals surface area contributed by atoms with Gasteiger partial charge in [-0.2, -0.15) is 0 Å². The molecule has 36 heavy (non-hydrogen) atoms. The number of aliphatic hydroxyl groups is 4. The maximum absolute atomic E-state index is 15.4. The van der Waals surface area contributed by atoms with Crippen molar-refractivity contribution in [1.82, 2.24) is 9.62 Å². The largest absolute Gasteiger partial charge is 0.381 e. The van der Waals surface area contributed by atoms with Crippen LogP contribution in [0, 0.1) is 11.2 Å². The summed E-state index contributed by atoms with van der Waals surface area (Å²) in [6.07, 6.45) is 1.16. The second-order valence-corrected chi connectivity index (χ2v) is 11.1. The van der Waals surface area contributed by atoms with Crippen molar-refractivity contribution in [3.05, 3.63) is 59.9 Å². The third-order valence-corrected chi connectivity index (χ3v) is 8.17. The van der Waals surface area contributed by atoms with Gasteiger partial charge in [0.1, 0.15) is 11.2 Å². The highest BCUT2D eigenvalue weighted by molar-refractivity contribution is 7.89. The Hall–Kier alpha value is -2.03. The Labute approximate surface area is 208 Å². The summed E-state index contributed by atoms with van der Waals surface area (Å²) in [5, 5.41) is 40.9. The molecule has 3 aliphatic rings. The molecule has 1 aliphatic carbocycles. The molecule has 0 amide bonds. The third-order valence-electron chi connectivity index (χ3n) is 7.27. The van der Waals surface area contributed by atoms with Crippen molar-refractivity contribution >= 4 is 10.0 Å². The van der Waals surface area contributed by atoms with E-state index >= 15 is 4.39 Å². The smallest absolute Gasteiger partial charge is 0.241 e. The molecule has 2 aliphatic heterocycles. The lowest BCUT2D eigenvalue weighted by Gasteiger charge is -2.27. The molecule has 1 spiro atoms. The lowest BCUT2D eigenvalue weighted by atomic mass is 9.90. The standard InChI is InChI=1S/C21H24F2N2O6S.C3H6O/c1-25-11-19(20(26,27)21(19,28)29)18(24-32(30,31)12-22)16(25)10-14-8-5-9-15(17(14)23)13-6-3-2-4-7-13;1-2-4-3-1/h2-9,16,18,24,26-29H,10-12H2,1H3;1-3H2. The van der Waals surface area contributed by atoms with E-state index in [4.69, 9.17) is 4.74 Å². The average molecular weight is 529 g/mol. The maximum atomic E-state index is 15.4. The number of alkyl halides is 1. The molecule has 12 heteroatoms. The second kappa shape index (κ2) is 9.69. The first-order valence-corrected chi connectivity index (χ1v) is 13.1. The quantitative estimate of drug-likeness (QED) is 0.338. The monoisotopic (exact) mass is 528 g/mol. The molecule has 0 aromatic heterocycles. The minimum Gasteiger partial charge on any atom is -0.381 e. The van der Waals surface area contributed by atoms with Gasteiger partial charge in [0.25, 0.3) is 0 Å². The molecular formula is C24H30F2N2O7S. The average Bonchev–Trinajstić information content (AvgIpc) is 2.98. The first-order chi connectivity index (χ1) is 16.9. The normalized spacial score (nSPS) is 25.6. The van der Waals surface area contributed by atoms with Crippen LogP contribution in [0.3, 0.4) is 0 Å². The van der Waals surface area contributed by atoms with E-state index < -0.39 is 50.9 Å². The molecule has 0 radical (unpaired) electrons. The predicted octanol–water partition coefficient (Wildman–Crippen LogP) is 0.333. The number of sulfonamides is 1. The van der Waals surface area contributed by atoms with Crippen molar-refractivity contribution in [2.75, 3.05) is 32.8 Å². The van der Waals surface area contributed by atoms with E-state index in [-0.39, 0.29) is 18.5 Å². The number of ether oxygens (including phenoxy) is 1. The van der Waals surface area contributed by atoms with Gasteiger partial charge in [0.2, 0.25) is 27.6 Å². The molecular weight excluding hydrogens is 498 g/mol. The SMILES string of the molecule is C1COC1.CN1CC2(C(NS(=O)(=O)CF)C1Cc1cccc(-c3ccccc3)c1F)C(O)(O)C2(O)O. The highest BCUT2D eigenvalue weighted by atomic mass is 32.2. The summed E-state index contributed by atoms with van der Waals surface area (Å²) in [7, 11) is -3.03. The maximum Gasteiger partial charge on any atom is 0.241 e. The van der Waals surface area contributed by atoms with Crippen LogP contribution < -0.4 is 4.72 Å². The predicted molar refractivity (Wildman–Crippen MR) is 126 cm³/mol. The van der Waals surface area contributed by atoms with Gasteiger partial charge in [-0.3, -0.25) is 0 Å². The number of benzene rings is 2. The minimum atomic E-state index is -4.53. The highest BCUT2D eigenvalue weighted by Crippen LogP contribution is 2.67. The molecule has 2 aromatic rings. The first kappa shape index (κ1) is 27.0. The topological polar surface area (TPSA) is 140 Å². The Morgan fingerprint density at radius 3 is 2.14 bits per heavy atom. The second-order valence-electron chi connectivity index (χ2n) is 9.43. The van der Waals surface area contributed by atoms with Gasteiger partial charge in [-0.05, 0) is 31.0 Å². The number of likely N-dealkylation sites (tertiary alicyclic amines) is 1. The van der Waals surface area contributed by atoms with E-state index in [0.717, 1.165) is 13.2 Å². The fourth-order valence-electron chi connectivity index (χ4n) is 5.05. The molecule has 198 valence electrons. The Morgan fingerprint density at radius 2 is 1.64 bits per heavy atom. The van der Waals surface area contributed by atoms with Crippen LogP contribution in [0.5, 0.6) is 0 Å². The zero-order valence-corrected chi connectivity index (χ0v) is 20.5. The van der Waals surface area contributed by atoms with Crippen molar-refractivity contribution < 1.29 is 42.4 Å². The molecule has 2 heterocycles. The number of likely N-dealkylation sites (N-methyl/N-ethyl adjacent to an activating group) is 1. The molecule has 5 rings (SSSR count). The summed E-state index contributed by atoms with van der Waals surface area (Å²) < 4.78 is 59.2. The molecule has 3 fully saturated rings. The fourth-order valence-corrected chi connectivity index (χ4v) is 5.86. The van der Waals surface area contributed by atoms with E-state index in [1.54, 1.807) is 42.5 Å². The van der Waals surface area contributed by atoms with Crippen LogP contribution >= 0.6 is 0 Å². The van der Waals surface area contributed by atoms with Crippen LogP contribution in [0.4, 0.5) is 8.78 Å². The molecule has 0 bridgehead atoms. The summed E-state index contributed by atoms with van der Waals surface area (Å²) >= 11 is 0. The van der Waals surface area contributed by atoms with Crippen molar-refractivity contribution in [2.24, 2.45) is 5.41 Å². The lowest BCUT2D eigenvalue weighted by molar-refractivity contribution is -0.207. The zero-order valence-electron chi connectivity index (χ0n) is 19.6. The molecule has 2 unspecified atom stereocenters. The third kappa shape index (κ3) is 4.35. The van der Waals surface area contributed by atoms with Crippen molar-refractivity contribution in [3.8, 4) is 11.1 Å². The molecule has 2 aromatic carbocycles. The van der Waals surface area contributed by atoms with Crippen LogP contribution in [0.25, 0.3) is 11.1 Å². The van der Waals surface area contributed by atoms with Crippen LogP contribution in [0.1, 0.15) is 12.0 Å². The molecule has 2 atom stereocenters. The zero-order chi connectivity index (χ0) is 26.4. The summed E-state index contributed by atoms with van der Waals surface area (Å²) in [6.45, 7) is 1.66. The van der Waals surface area contributed by atoms with Gasteiger partial charge in [-0.25, -0.2) is 21.9 Å². The summed E-state index contributed by atoms with van der Waals surface area (Å²) in [5.41, 5.74) is -0.985. The van der Waals surface area contributed by atoms with Crippen molar-refractivity contribution in [1.29, 1.82) is 0 Å². The number of hydrogen-bond acceptors (Lipinski definition) is 8. The van der Waals surface area contributed by atoms with E-state index in [0.29, 0.717) is 11.1 Å². The number of rotatable bonds is 6. The number of halogens is 2. The van der Waals surface area contributed by atoms with E-state index in [1.165, 1.54) is 24.4 Å². The van der Waals surface area contributed by atoms with Crippen molar-refractivity contribution in [3.63, 3.8) is 0 Å². The van der Waals surface area contributed by atoms with Gasteiger partial charge in [-0.15, -0.1) is 0 Å². The number of nitrogens with one attached hydrogen (secondary N) is 1. The van der Waals surface area contributed by atoms with Gasteiger partial charge >= 0.3 is 0 Å². The Kier molecular flexibility index (Phi) is 7.27. The first-order valence-electron chi connectivity index (χ1n) is 11.5. The Bertz CT molecular complexity index is 1170. The molecule has 2 saturated heterocycles. The minimum absolute atomic E-state index is 0.115. The fraction of sp³-hybridized carbons (Fsp3) is 0.500. The van der Waals surface area contributed by atoms with Gasteiger partial charge in [0, 0.05) is 31.4 Å². The van der Waals surface area contributed by atoms with Crippen molar-refractivity contribution in [2.45, 2.75) is 36.5 Å². The van der Waals surface area contributed by atoms with E-state index in [1.807, 2.05) is 4.72 Å². The van der Waals surface area contributed by atoms with Gasteiger partial charge in [-0.1, -0.05) is 48.5 Å². The van der Waals surface area contributed by atoms with Crippen LogP contribution in [-0.4, -0.2) is 90.2 Å². The highest BCUT2D eigenvalue weighted by Gasteiger charge is 2.93. The summed E-state index contributed by atoms with van der Waals surface area (Å²) in [5.74, 6) is -6.64. The van der Waals surface area contributed by atoms with Crippen LogP contribution in [-0.2, 0) is 21.2 Å². The molecule has 5 N–H and O–H groups in total.